The van der Waals surface area contributed by atoms with Crippen LogP contribution < -0.4 is 0 Å². The summed E-state index contributed by atoms with van der Waals surface area (Å²) in [6.45, 7) is 9.09. The summed E-state index contributed by atoms with van der Waals surface area (Å²) in [5.74, 6) is -0.555. The Morgan fingerprint density at radius 1 is 1.30 bits per heavy atom. The highest BCUT2D eigenvalue weighted by atomic mass is 16.5. The van der Waals surface area contributed by atoms with Gasteiger partial charge in [-0.25, -0.2) is 4.79 Å². The Balaban J connectivity index is 3.08. The van der Waals surface area contributed by atoms with Gasteiger partial charge in [-0.3, -0.25) is 0 Å². The Labute approximate surface area is 121 Å². The first-order valence-electron chi connectivity index (χ1n) is 7.00. The van der Waals surface area contributed by atoms with Crippen molar-refractivity contribution in [2.24, 2.45) is 0 Å². The van der Waals surface area contributed by atoms with Crippen molar-refractivity contribution >= 4 is 5.97 Å². The minimum atomic E-state index is -0.555. The van der Waals surface area contributed by atoms with Gasteiger partial charge in [0.05, 0.1) is 6.61 Å². The number of carbonyl (C=O) groups is 1. The molecule has 0 spiro atoms. The molecule has 0 bridgehead atoms. The van der Waals surface area contributed by atoms with Crippen LogP contribution in [0.2, 0.25) is 0 Å². The van der Waals surface area contributed by atoms with Crippen molar-refractivity contribution in [3.8, 4) is 6.07 Å². The molecule has 0 fully saturated rings. The fraction of sp³-hybridized carbons (Fsp3) is 0.500. The maximum Gasteiger partial charge on any atom is 0.349 e. The zero-order valence-electron chi connectivity index (χ0n) is 12.7. The van der Waals surface area contributed by atoms with E-state index in [0.717, 1.165) is 30.8 Å². The first-order valence-corrected chi connectivity index (χ1v) is 7.00. The van der Waals surface area contributed by atoms with E-state index in [1.54, 1.807) is 6.92 Å². The number of nitrogens with zero attached hydrogens (tertiary/aromatic N) is 2. The number of carbonyl (C=O) groups excluding carboxylic acids is 1. The van der Waals surface area contributed by atoms with E-state index < -0.39 is 5.97 Å². The van der Waals surface area contributed by atoms with Crippen molar-refractivity contribution in [2.45, 2.75) is 40.5 Å². The molecule has 0 aromatic rings. The number of rotatable bonds is 5. The molecular weight excluding hydrogens is 252 g/mol. The van der Waals surface area contributed by atoms with E-state index in [4.69, 9.17) is 4.74 Å². The van der Waals surface area contributed by atoms with Gasteiger partial charge in [0.1, 0.15) is 11.6 Å². The third kappa shape index (κ3) is 3.74. The van der Waals surface area contributed by atoms with Gasteiger partial charge in [0, 0.05) is 23.5 Å². The summed E-state index contributed by atoms with van der Waals surface area (Å²) in [5, 5.41) is 9.17. The minimum Gasteiger partial charge on any atom is -0.462 e. The molecule has 1 aliphatic heterocycles. The summed E-state index contributed by atoms with van der Waals surface area (Å²) in [5.41, 5.74) is 2.80. The zero-order valence-corrected chi connectivity index (χ0v) is 12.7. The standard InChI is InChI=1S/C16H22N2O2/c1-5-7-8-18-12(3)9-14(10-13(18)4)15(11-17)16(19)20-6-2/h9-10H,5-8H2,1-4H3. The van der Waals surface area contributed by atoms with E-state index in [1.807, 2.05) is 32.1 Å². The van der Waals surface area contributed by atoms with Crippen LogP contribution >= 0.6 is 0 Å². The number of esters is 1. The van der Waals surface area contributed by atoms with E-state index in [-0.39, 0.29) is 12.2 Å². The van der Waals surface area contributed by atoms with Crippen LogP contribution in [0, 0.1) is 11.3 Å². The summed E-state index contributed by atoms with van der Waals surface area (Å²) in [7, 11) is 0. The van der Waals surface area contributed by atoms with Crippen LogP contribution in [-0.2, 0) is 9.53 Å². The summed E-state index contributed by atoms with van der Waals surface area (Å²) in [4.78, 5) is 14.0. The van der Waals surface area contributed by atoms with Crippen molar-refractivity contribution < 1.29 is 9.53 Å². The van der Waals surface area contributed by atoms with Crippen LogP contribution in [0.15, 0.2) is 34.7 Å². The normalized spacial score (nSPS) is 14.3. The van der Waals surface area contributed by atoms with E-state index in [0.29, 0.717) is 5.57 Å². The van der Waals surface area contributed by atoms with Crippen LogP contribution in [0.5, 0.6) is 0 Å². The molecular formula is C16H22N2O2. The van der Waals surface area contributed by atoms with Crippen molar-refractivity contribution in [2.75, 3.05) is 13.2 Å². The lowest BCUT2D eigenvalue weighted by atomic mass is 10.0. The molecule has 0 atom stereocenters. The average Bonchev–Trinajstić information content (AvgIpc) is 2.39. The Bertz CT molecular complexity index is 485. The maximum absolute atomic E-state index is 11.8. The van der Waals surface area contributed by atoms with E-state index in [2.05, 4.69) is 11.8 Å². The first-order chi connectivity index (χ1) is 9.54. The van der Waals surface area contributed by atoms with Gasteiger partial charge in [0.25, 0.3) is 0 Å². The molecule has 0 aliphatic carbocycles. The highest BCUT2D eigenvalue weighted by Gasteiger charge is 2.19. The average molecular weight is 274 g/mol. The van der Waals surface area contributed by atoms with Crippen LogP contribution in [0.25, 0.3) is 0 Å². The summed E-state index contributed by atoms with van der Waals surface area (Å²) < 4.78 is 4.92. The van der Waals surface area contributed by atoms with Gasteiger partial charge in [0.2, 0.25) is 0 Å². The second-order valence-corrected chi connectivity index (χ2v) is 4.74. The molecule has 0 radical (unpaired) electrons. The predicted octanol–water partition coefficient (Wildman–Crippen LogP) is 3.29. The molecule has 0 aromatic carbocycles. The van der Waals surface area contributed by atoms with Crippen LogP contribution in [-0.4, -0.2) is 24.0 Å². The number of ether oxygens (including phenoxy) is 1. The molecule has 0 saturated carbocycles. The molecule has 0 N–H and O–H groups in total. The van der Waals surface area contributed by atoms with E-state index in [9.17, 15) is 10.1 Å². The molecule has 0 saturated heterocycles. The molecule has 0 unspecified atom stereocenters. The Morgan fingerprint density at radius 3 is 2.35 bits per heavy atom. The van der Waals surface area contributed by atoms with Crippen molar-refractivity contribution in [1.29, 1.82) is 5.26 Å². The van der Waals surface area contributed by atoms with E-state index >= 15 is 0 Å². The molecule has 0 amide bonds. The molecule has 1 heterocycles. The number of hydrogen-bond donors (Lipinski definition) is 0. The maximum atomic E-state index is 11.8. The van der Waals surface area contributed by atoms with Gasteiger partial charge in [0.15, 0.2) is 0 Å². The predicted molar refractivity (Wildman–Crippen MR) is 78.4 cm³/mol. The monoisotopic (exact) mass is 274 g/mol. The second kappa shape index (κ2) is 7.54. The highest BCUT2D eigenvalue weighted by molar-refractivity contribution is 5.95. The highest BCUT2D eigenvalue weighted by Crippen LogP contribution is 2.25. The lowest BCUT2D eigenvalue weighted by Crippen LogP contribution is -2.24. The zero-order chi connectivity index (χ0) is 15.1. The van der Waals surface area contributed by atoms with Gasteiger partial charge in [-0.05, 0) is 39.3 Å². The van der Waals surface area contributed by atoms with Gasteiger partial charge < -0.3 is 9.64 Å². The number of allylic oxidation sites excluding steroid dienone is 5. The summed E-state index contributed by atoms with van der Waals surface area (Å²) >= 11 is 0. The van der Waals surface area contributed by atoms with Crippen LogP contribution in [0.3, 0.4) is 0 Å². The Hall–Kier alpha value is -2.02. The Morgan fingerprint density at radius 2 is 1.90 bits per heavy atom. The van der Waals surface area contributed by atoms with Crippen molar-refractivity contribution in [3.05, 3.63) is 34.7 Å². The lowest BCUT2D eigenvalue weighted by Gasteiger charge is -2.29. The third-order valence-corrected chi connectivity index (χ3v) is 3.20. The molecule has 108 valence electrons. The Kier molecular flexibility index (Phi) is 6.05. The van der Waals surface area contributed by atoms with Crippen LogP contribution in [0.4, 0.5) is 0 Å². The fourth-order valence-electron chi connectivity index (χ4n) is 2.17. The molecule has 1 aliphatic rings. The van der Waals surface area contributed by atoms with Crippen LogP contribution in [0.1, 0.15) is 40.5 Å². The quantitative estimate of drug-likeness (QED) is 0.438. The number of nitriles is 1. The molecule has 20 heavy (non-hydrogen) atoms. The summed E-state index contributed by atoms with van der Waals surface area (Å²) in [6, 6.07) is 1.95. The molecule has 0 aromatic heterocycles. The number of hydrogen-bond acceptors (Lipinski definition) is 4. The van der Waals surface area contributed by atoms with Gasteiger partial charge in [-0.1, -0.05) is 13.3 Å². The number of unbranched alkanes of at least 4 members (excludes halogenated alkanes) is 1. The van der Waals surface area contributed by atoms with Crippen molar-refractivity contribution in [3.63, 3.8) is 0 Å². The SMILES string of the molecule is CCCCN1C(C)=CC(=C(C#N)C(=O)OCC)C=C1C. The topological polar surface area (TPSA) is 53.3 Å². The second-order valence-electron chi connectivity index (χ2n) is 4.74. The fourth-order valence-corrected chi connectivity index (χ4v) is 2.17. The third-order valence-electron chi connectivity index (χ3n) is 3.20. The summed E-state index contributed by atoms with van der Waals surface area (Å²) in [6.07, 6.45) is 5.99. The molecule has 1 rings (SSSR count). The smallest absolute Gasteiger partial charge is 0.349 e. The van der Waals surface area contributed by atoms with Gasteiger partial charge in [-0.15, -0.1) is 0 Å². The largest absolute Gasteiger partial charge is 0.462 e. The lowest BCUT2D eigenvalue weighted by molar-refractivity contribution is -0.138. The van der Waals surface area contributed by atoms with Crippen molar-refractivity contribution in [1.82, 2.24) is 4.90 Å². The minimum absolute atomic E-state index is 0.0701. The first kappa shape index (κ1) is 16.0. The van der Waals surface area contributed by atoms with E-state index in [1.165, 1.54) is 0 Å². The van der Waals surface area contributed by atoms with Gasteiger partial charge >= 0.3 is 5.97 Å². The molecule has 4 nitrogen and oxygen atoms in total. The molecule has 4 heteroatoms. The van der Waals surface area contributed by atoms with Gasteiger partial charge in [-0.2, -0.15) is 5.26 Å².